The van der Waals surface area contributed by atoms with Crippen LogP contribution in [-0.4, -0.2) is 42.6 Å². The molecular weight excluding hydrogens is 390 g/mol. The Kier molecular flexibility index (Phi) is 7.25. The fourth-order valence-electron chi connectivity index (χ4n) is 3.23. The van der Waals surface area contributed by atoms with Crippen molar-refractivity contribution < 1.29 is 14.3 Å². The van der Waals surface area contributed by atoms with Gasteiger partial charge in [0.15, 0.2) is 0 Å². The van der Waals surface area contributed by atoms with E-state index in [9.17, 15) is 9.59 Å². The average Bonchev–Trinajstić information content (AvgIpc) is 2.75. The van der Waals surface area contributed by atoms with Gasteiger partial charge in [0, 0.05) is 19.0 Å². The van der Waals surface area contributed by atoms with Crippen molar-refractivity contribution in [3.63, 3.8) is 0 Å². The number of benzene rings is 2. The van der Waals surface area contributed by atoms with Gasteiger partial charge < -0.3 is 9.64 Å². The van der Waals surface area contributed by atoms with Crippen LogP contribution in [0.2, 0.25) is 5.02 Å². The normalized spacial score (nSPS) is 14.8. The lowest BCUT2D eigenvalue weighted by Gasteiger charge is -2.31. The van der Waals surface area contributed by atoms with Gasteiger partial charge in [-0.25, -0.2) is 5.43 Å². The number of rotatable bonds is 6. The number of hydrazone groups is 1. The Bertz CT molecular complexity index is 875. The van der Waals surface area contributed by atoms with Crippen molar-refractivity contribution in [3.05, 3.63) is 64.7 Å². The van der Waals surface area contributed by atoms with E-state index in [-0.39, 0.29) is 17.7 Å². The second-order valence-electron chi connectivity index (χ2n) is 6.78. The second kappa shape index (κ2) is 10.1. The molecule has 0 unspecified atom stereocenters. The summed E-state index contributed by atoms with van der Waals surface area (Å²) in [6, 6.07) is 14.5. The van der Waals surface area contributed by atoms with E-state index in [0.29, 0.717) is 43.1 Å². The summed E-state index contributed by atoms with van der Waals surface area (Å²) in [5.74, 6) is 0.412. The molecule has 2 aromatic rings. The lowest BCUT2D eigenvalue weighted by molar-refractivity contribution is -0.126. The molecular formula is C22H24ClN3O3. The summed E-state index contributed by atoms with van der Waals surface area (Å²) >= 11 is 6.12. The maximum atomic E-state index is 12.6. The van der Waals surface area contributed by atoms with Gasteiger partial charge in [-0.15, -0.1) is 0 Å². The van der Waals surface area contributed by atoms with Crippen molar-refractivity contribution >= 4 is 29.6 Å². The summed E-state index contributed by atoms with van der Waals surface area (Å²) in [6.45, 7) is 3.59. The average molecular weight is 414 g/mol. The van der Waals surface area contributed by atoms with Gasteiger partial charge in [-0.05, 0) is 61.7 Å². The first-order valence-corrected chi connectivity index (χ1v) is 10.1. The summed E-state index contributed by atoms with van der Waals surface area (Å²) in [5, 5.41) is 4.49. The third-order valence-electron chi connectivity index (χ3n) is 4.84. The number of likely N-dealkylation sites (tertiary alicyclic amines) is 1. The van der Waals surface area contributed by atoms with Crippen LogP contribution in [0, 0.1) is 5.92 Å². The van der Waals surface area contributed by atoms with Crippen LogP contribution in [0.25, 0.3) is 0 Å². The monoisotopic (exact) mass is 413 g/mol. The Morgan fingerprint density at radius 3 is 2.52 bits per heavy atom. The number of nitrogens with one attached hydrogen (secondary N) is 1. The van der Waals surface area contributed by atoms with Crippen molar-refractivity contribution in [1.82, 2.24) is 10.3 Å². The molecule has 1 N–H and O–H groups in total. The summed E-state index contributed by atoms with van der Waals surface area (Å²) in [5.41, 5.74) is 3.97. The molecule has 6 nitrogen and oxygen atoms in total. The zero-order valence-electron chi connectivity index (χ0n) is 16.3. The molecule has 0 radical (unpaired) electrons. The van der Waals surface area contributed by atoms with E-state index in [1.807, 2.05) is 31.2 Å². The predicted molar refractivity (Wildman–Crippen MR) is 113 cm³/mol. The van der Waals surface area contributed by atoms with Crippen LogP contribution in [0.5, 0.6) is 5.75 Å². The molecule has 3 rings (SSSR count). The number of hydrogen-bond acceptors (Lipinski definition) is 4. The molecule has 7 heteroatoms. The maximum absolute atomic E-state index is 12.6. The smallest absolute Gasteiger partial charge is 0.255 e. The molecule has 0 aromatic heterocycles. The van der Waals surface area contributed by atoms with Crippen LogP contribution in [0.1, 0.15) is 35.7 Å². The number of carbonyl (C=O) groups excluding carboxylic acids is 2. The highest BCUT2D eigenvalue weighted by Gasteiger charge is 2.28. The molecule has 0 atom stereocenters. The maximum Gasteiger partial charge on any atom is 0.255 e. The van der Waals surface area contributed by atoms with Crippen LogP contribution in [0.3, 0.4) is 0 Å². The van der Waals surface area contributed by atoms with Crippen LogP contribution in [0.15, 0.2) is 53.6 Å². The third-order valence-corrected chi connectivity index (χ3v) is 5.17. The molecule has 0 spiro atoms. The van der Waals surface area contributed by atoms with E-state index in [2.05, 4.69) is 10.5 Å². The van der Waals surface area contributed by atoms with Crippen LogP contribution in [0.4, 0.5) is 0 Å². The van der Waals surface area contributed by atoms with Gasteiger partial charge in [-0.3, -0.25) is 9.59 Å². The molecule has 1 heterocycles. The van der Waals surface area contributed by atoms with Gasteiger partial charge in [0.2, 0.25) is 5.91 Å². The summed E-state index contributed by atoms with van der Waals surface area (Å²) in [4.78, 5) is 26.7. The molecule has 152 valence electrons. The Morgan fingerprint density at radius 1 is 1.17 bits per heavy atom. The number of ether oxygens (including phenoxy) is 1. The first kappa shape index (κ1) is 20.9. The fourth-order valence-corrected chi connectivity index (χ4v) is 3.44. The molecule has 1 aliphatic heterocycles. The summed E-state index contributed by atoms with van der Waals surface area (Å²) in [6.07, 6.45) is 2.80. The highest BCUT2D eigenvalue weighted by molar-refractivity contribution is 6.33. The molecule has 1 aliphatic rings. The van der Waals surface area contributed by atoms with Gasteiger partial charge in [0.1, 0.15) is 5.75 Å². The fraction of sp³-hybridized carbons (Fsp3) is 0.318. The van der Waals surface area contributed by atoms with Crippen LogP contribution >= 0.6 is 11.6 Å². The highest BCUT2D eigenvalue weighted by atomic mass is 35.5. The quantitative estimate of drug-likeness (QED) is 0.579. The number of hydrogen-bond donors (Lipinski definition) is 1. The largest absolute Gasteiger partial charge is 0.494 e. The van der Waals surface area contributed by atoms with E-state index in [4.69, 9.17) is 16.3 Å². The van der Waals surface area contributed by atoms with Crippen molar-refractivity contribution in [2.45, 2.75) is 19.8 Å². The zero-order chi connectivity index (χ0) is 20.6. The van der Waals surface area contributed by atoms with Crippen molar-refractivity contribution in [2.75, 3.05) is 19.7 Å². The standard InChI is InChI=1S/C22H24ClN3O3/c1-2-29-18-9-7-16(8-10-18)15-24-25-21(27)17-11-13-26(14-12-17)22(28)19-5-3-4-6-20(19)23/h3-10,15,17H,2,11-14H2,1H3,(H,25,27)/b24-15-. The molecule has 29 heavy (non-hydrogen) atoms. The van der Waals surface area contributed by atoms with Gasteiger partial charge in [0.25, 0.3) is 5.91 Å². The molecule has 1 saturated heterocycles. The number of piperidine rings is 1. The minimum Gasteiger partial charge on any atom is -0.494 e. The third kappa shape index (κ3) is 5.57. The SMILES string of the molecule is CCOc1ccc(/C=N\NC(=O)C2CCN(C(=O)c3ccccc3Cl)CC2)cc1. The molecule has 2 amide bonds. The topological polar surface area (TPSA) is 71.0 Å². The Morgan fingerprint density at radius 2 is 1.86 bits per heavy atom. The van der Waals surface area contributed by atoms with E-state index >= 15 is 0 Å². The van der Waals surface area contributed by atoms with Gasteiger partial charge in [0.05, 0.1) is 23.4 Å². The molecule has 0 aliphatic carbocycles. The van der Waals surface area contributed by atoms with Gasteiger partial charge >= 0.3 is 0 Å². The second-order valence-corrected chi connectivity index (χ2v) is 7.19. The predicted octanol–water partition coefficient (Wildman–Crippen LogP) is 3.74. The van der Waals surface area contributed by atoms with Crippen molar-refractivity contribution in [1.29, 1.82) is 0 Å². The molecule has 0 bridgehead atoms. The van der Waals surface area contributed by atoms with E-state index < -0.39 is 0 Å². The Hall–Kier alpha value is -2.86. The molecule has 2 aromatic carbocycles. The number of halogens is 1. The van der Waals surface area contributed by atoms with Gasteiger partial charge in [-0.2, -0.15) is 5.10 Å². The Balaban J connectivity index is 1.47. The van der Waals surface area contributed by atoms with E-state index in [0.717, 1.165) is 11.3 Å². The Labute approximate surface area is 175 Å². The lowest BCUT2D eigenvalue weighted by Crippen LogP contribution is -2.42. The van der Waals surface area contributed by atoms with E-state index in [1.54, 1.807) is 35.4 Å². The molecule has 0 saturated carbocycles. The highest BCUT2D eigenvalue weighted by Crippen LogP contribution is 2.22. The first-order chi connectivity index (χ1) is 14.1. The minimum absolute atomic E-state index is 0.0945. The minimum atomic E-state index is -0.164. The number of carbonyl (C=O) groups is 2. The van der Waals surface area contributed by atoms with Gasteiger partial charge in [-0.1, -0.05) is 23.7 Å². The lowest BCUT2D eigenvalue weighted by atomic mass is 9.95. The number of nitrogens with zero attached hydrogens (tertiary/aromatic N) is 2. The zero-order valence-corrected chi connectivity index (χ0v) is 17.1. The molecule has 1 fully saturated rings. The van der Waals surface area contributed by atoms with Crippen LogP contribution in [-0.2, 0) is 4.79 Å². The van der Waals surface area contributed by atoms with Crippen molar-refractivity contribution in [2.24, 2.45) is 11.0 Å². The number of amides is 2. The van der Waals surface area contributed by atoms with Crippen LogP contribution < -0.4 is 10.2 Å². The summed E-state index contributed by atoms with van der Waals surface area (Å²) < 4.78 is 5.39. The van der Waals surface area contributed by atoms with Crippen molar-refractivity contribution in [3.8, 4) is 5.75 Å². The van der Waals surface area contributed by atoms with E-state index in [1.165, 1.54) is 0 Å². The first-order valence-electron chi connectivity index (χ1n) is 9.68. The summed E-state index contributed by atoms with van der Waals surface area (Å²) in [7, 11) is 0.